The van der Waals surface area contributed by atoms with Crippen molar-refractivity contribution in [3.8, 4) is 5.75 Å². The lowest BCUT2D eigenvalue weighted by molar-refractivity contribution is 0.314. The molecule has 0 aliphatic rings. The molecule has 96 valence electrons. The second-order valence-electron chi connectivity index (χ2n) is 3.93. The van der Waals surface area contributed by atoms with E-state index in [1.807, 2.05) is 24.3 Å². The van der Waals surface area contributed by atoms with Crippen LogP contribution >= 0.6 is 27.3 Å². The van der Waals surface area contributed by atoms with Crippen molar-refractivity contribution in [1.29, 1.82) is 0 Å². The van der Waals surface area contributed by atoms with Crippen LogP contribution in [0.4, 0.5) is 0 Å². The number of hydrogen-bond donors (Lipinski definition) is 1. The zero-order valence-electron chi connectivity index (χ0n) is 10.1. The fraction of sp³-hybridized carbons (Fsp3) is 0.286. The lowest BCUT2D eigenvalue weighted by atomic mass is 10.2. The molecule has 0 atom stereocenters. The molecule has 18 heavy (non-hydrogen) atoms. The van der Waals surface area contributed by atoms with Crippen molar-refractivity contribution in [3.05, 3.63) is 51.1 Å². The Balaban J connectivity index is 1.55. The number of nitrogens with one attached hydrogen (secondary N) is 1. The summed E-state index contributed by atoms with van der Waals surface area (Å²) in [4.78, 5) is 0. The van der Waals surface area contributed by atoms with E-state index in [1.54, 1.807) is 11.3 Å². The predicted octanol–water partition coefficient (Wildman–Crippen LogP) is 3.72. The van der Waals surface area contributed by atoms with E-state index in [0.717, 1.165) is 29.7 Å². The summed E-state index contributed by atoms with van der Waals surface area (Å²) in [5.74, 6) is 0.915. The van der Waals surface area contributed by atoms with Gasteiger partial charge in [0.25, 0.3) is 0 Å². The number of benzene rings is 1. The highest BCUT2D eigenvalue weighted by Crippen LogP contribution is 2.15. The van der Waals surface area contributed by atoms with Gasteiger partial charge in [0.2, 0.25) is 0 Å². The molecule has 0 unspecified atom stereocenters. The maximum atomic E-state index is 5.62. The second-order valence-corrected chi connectivity index (χ2v) is 5.63. The average Bonchev–Trinajstić information content (AvgIpc) is 2.89. The molecule has 1 heterocycles. The van der Waals surface area contributed by atoms with Crippen LogP contribution in [0.5, 0.6) is 5.75 Å². The summed E-state index contributed by atoms with van der Waals surface area (Å²) in [5.41, 5.74) is 1.40. The van der Waals surface area contributed by atoms with Gasteiger partial charge >= 0.3 is 0 Å². The van der Waals surface area contributed by atoms with Gasteiger partial charge in [-0.2, -0.15) is 11.3 Å². The predicted molar refractivity (Wildman–Crippen MR) is 80.5 cm³/mol. The fourth-order valence-corrected chi connectivity index (χ4v) is 2.53. The molecule has 1 aromatic heterocycles. The summed E-state index contributed by atoms with van der Waals surface area (Å²) in [6, 6.07) is 10.1. The molecule has 0 radical (unpaired) electrons. The second kappa shape index (κ2) is 7.56. The first-order valence-corrected chi connectivity index (χ1v) is 7.68. The molecule has 2 rings (SSSR count). The van der Waals surface area contributed by atoms with Crippen LogP contribution < -0.4 is 10.1 Å². The minimum absolute atomic E-state index is 0.700. The molecule has 0 spiro atoms. The summed E-state index contributed by atoms with van der Waals surface area (Å²) in [5, 5.41) is 7.69. The maximum Gasteiger partial charge on any atom is 0.119 e. The van der Waals surface area contributed by atoms with Crippen LogP contribution in [0, 0.1) is 0 Å². The van der Waals surface area contributed by atoms with Gasteiger partial charge in [0.05, 0.1) is 0 Å². The van der Waals surface area contributed by atoms with Crippen molar-refractivity contribution in [1.82, 2.24) is 5.32 Å². The van der Waals surface area contributed by atoms with Crippen LogP contribution in [0.25, 0.3) is 0 Å². The highest BCUT2D eigenvalue weighted by atomic mass is 79.9. The standard InChI is InChI=1S/C14H16BrNOS/c15-13-1-3-14(4-2-13)17-9-8-16-7-5-12-6-10-18-11-12/h1-4,6,10-11,16H,5,7-9H2. The van der Waals surface area contributed by atoms with Crippen LogP contribution in [0.1, 0.15) is 5.56 Å². The summed E-state index contributed by atoms with van der Waals surface area (Å²) in [6.45, 7) is 2.58. The molecule has 0 aliphatic heterocycles. The largest absolute Gasteiger partial charge is 0.492 e. The third-order valence-electron chi connectivity index (χ3n) is 2.53. The fourth-order valence-electron chi connectivity index (χ4n) is 1.56. The minimum Gasteiger partial charge on any atom is -0.492 e. The highest BCUT2D eigenvalue weighted by Gasteiger charge is 1.95. The normalized spacial score (nSPS) is 10.5. The Labute approximate surface area is 120 Å². The smallest absolute Gasteiger partial charge is 0.119 e. The molecule has 0 amide bonds. The molecule has 2 nitrogen and oxygen atoms in total. The third kappa shape index (κ3) is 4.80. The van der Waals surface area contributed by atoms with Crippen molar-refractivity contribution in [2.24, 2.45) is 0 Å². The highest BCUT2D eigenvalue weighted by molar-refractivity contribution is 9.10. The first kappa shape index (κ1) is 13.6. The topological polar surface area (TPSA) is 21.3 Å². The van der Waals surface area contributed by atoms with Crippen molar-refractivity contribution in [2.75, 3.05) is 19.7 Å². The van der Waals surface area contributed by atoms with Gasteiger partial charge in [0, 0.05) is 11.0 Å². The molecule has 1 N–H and O–H groups in total. The van der Waals surface area contributed by atoms with Gasteiger partial charge in [0.15, 0.2) is 0 Å². The molecule has 4 heteroatoms. The Morgan fingerprint density at radius 2 is 1.94 bits per heavy atom. The monoisotopic (exact) mass is 325 g/mol. The molecular weight excluding hydrogens is 310 g/mol. The van der Waals surface area contributed by atoms with Crippen molar-refractivity contribution < 1.29 is 4.74 Å². The van der Waals surface area contributed by atoms with E-state index in [1.165, 1.54) is 5.56 Å². The van der Waals surface area contributed by atoms with Gasteiger partial charge in [-0.05, 0) is 59.6 Å². The Hall–Kier alpha value is -0.840. The van der Waals surface area contributed by atoms with Gasteiger partial charge in [-0.3, -0.25) is 0 Å². The van der Waals surface area contributed by atoms with E-state index < -0.39 is 0 Å². The van der Waals surface area contributed by atoms with Crippen molar-refractivity contribution in [2.45, 2.75) is 6.42 Å². The van der Waals surface area contributed by atoms with E-state index >= 15 is 0 Å². The third-order valence-corrected chi connectivity index (χ3v) is 3.79. The number of rotatable bonds is 7. The van der Waals surface area contributed by atoms with Gasteiger partial charge in [0.1, 0.15) is 12.4 Å². The van der Waals surface area contributed by atoms with E-state index in [2.05, 4.69) is 38.1 Å². The van der Waals surface area contributed by atoms with Crippen LogP contribution in [0.3, 0.4) is 0 Å². The lowest BCUT2D eigenvalue weighted by Crippen LogP contribution is -2.23. The van der Waals surface area contributed by atoms with Crippen LogP contribution in [0.15, 0.2) is 45.6 Å². The SMILES string of the molecule is Brc1ccc(OCCNCCc2ccsc2)cc1. The number of hydrogen-bond acceptors (Lipinski definition) is 3. The Bertz CT molecular complexity index is 441. The molecule has 2 aromatic rings. The molecule has 0 bridgehead atoms. The quantitative estimate of drug-likeness (QED) is 0.783. The van der Waals surface area contributed by atoms with Crippen LogP contribution in [0.2, 0.25) is 0 Å². The molecule has 0 aliphatic carbocycles. The van der Waals surface area contributed by atoms with E-state index in [-0.39, 0.29) is 0 Å². The zero-order chi connectivity index (χ0) is 12.6. The van der Waals surface area contributed by atoms with Crippen LogP contribution in [-0.4, -0.2) is 19.7 Å². The van der Waals surface area contributed by atoms with Gasteiger partial charge in [-0.25, -0.2) is 0 Å². The Morgan fingerprint density at radius 1 is 1.11 bits per heavy atom. The first-order chi connectivity index (χ1) is 8.84. The van der Waals surface area contributed by atoms with Gasteiger partial charge in [-0.15, -0.1) is 0 Å². The summed E-state index contributed by atoms with van der Waals surface area (Å²) in [7, 11) is 0. The van der Waals surface area contributed by atoms with Gasteiger partial charge in [-0.1, -0.05) is 15.9 Å². The molecular formula is C14H16BrNOS. The van der Waals surface area contributed by atoms with Crippen molar-refractivity contribution in [3.63, 3.8) is 0 Å². The lowest BCUT2D eigenvalue weighted by Gasteiger charge is -2.07. The summed E-state index contributed by atoms with van der Waals surface area (Å²) < 4.78 is 6.69. The number of thiophene rings is 1. The zero-order valence-corrected chi connectivity index (χ0v) is 12.5. The summed E-state index contributed by atoms with van der Waals surface area (Å²) >= 11 is 5.15. The average molecular weight is 326 g/mol. The van der Waals surface area contributed by atoms with E-state index in [0.29, 0.717) is 6.61 Å². The first-order valence-electron chi connectivity index (χ1n) is 5.95. The molecule has 0 saturated carbocycles. The van der Waals surface area contributed by atoms with Crippen molar-refractivity contribution >= 4 is 27.3 Å². The van der Waals surface area contributed by atoms with E-state index in [9.17, 15) is 0 Å². The minimum atomic E-state index is 0.700. The van der Waals surface area contributed by atoms with Gasteiger partial charge < -0.3 is 10.1 Å². The van der Waals surface area contributed by atoms with E-state index in [4.69, 9.17) is 4.74 Å². The van der Waals surface area contributed by atoms with Crippen LogP contribution in [-0.2, 0) is 6.42 Å². The summed E-state index contributed by atoms with van der Waals surface area (Å²) in [6.07, 6.45) is 1.09. The Morgan fingerprint density at radius 3 is 2.67 bits per heavy atom. The maximum absolute atomic E-state index is 5.62. The number of halogens is 1. The molecule has 1 aromatic carbocycles. The number of ether oxygens (including phenoxy) is 1. The molecule has 0 fully saturated rings. The molecule has 0 saturated heterocycles. The Kier molecular flexibility index (Phi) is 5.71.